The Morgan fingerprint density at radius 3 is 2.23 bits per heavy atom. The van der Waals surface area contributed by atoms with E-state index in [2.05, 4.69) is 63.6 Å². The Bertz CT molecular complexity index is 849. The monoisotopic (exact) mass is 346 g/mol. The van der Waals surface area contributed by atoms with Crippen LogP contribution in [0.1, 0.15) is 5.56 Å². The summed E-state index contributed by atoms with van der Waals surface area (Å²) in [4.78, 5) is 15.0. The van der Waals surface area contributed by atoms with Crippen molar-refractivity contribution in [1.82, 2.24) is 20.0 Å². The molecule has 0 spiro atoms. The van der Waals surface area contributed by atoms with Gasteiger partial charge in [0, 0.05) is 38.3 Å². The van der Waals surface area contributed by atoms with E-state index in [1.165, 1.54) is 16.7 Å². The Morgan fingerprint density at radius 1 is 0.885 bits per heavy atom. The van der Waals surface area contributed by atoms with Gasteiger partial charge >= 0.3 is 0 Å². The molecule has 0 radical (unpaired) electrons. The lowest BCUT2D eigenvalue weighted by Crippen LogP contribution is -2.45. The van der Waals surface area contributed by atoms with Crippen LogP contribution in [0.4, 0.5) is 0 Å². The minimum atomic E-state index is 0.794. The molecule has 3 aromatic rings. The topological polar surface area (TPSA) is 52.2 Å². The van der Waals surface area contributed by atoms with Gasteiger partial charge in [0.15, 0.2) is 0 Å². The fraction of sp³-hybridized carbons (Fsp3) is 0.238. The van der Waals surface area contributed by atoms with Crippen LogP contribution in [0, 0.1) is 0 Å². The summed E-state index contributed by atoms with van der Waals surface area (Å²) >= 11 is 0. The number of piperazine rings is 1. The van der Waals surface area contributed by atoms with Crippen LogP contribution < -0.4 is 0 Å². The number of aromatic amines is 1. The second-order valence-corrected chi connectivity index (χ2v) is 6.63. The van der Waals surface area contributed by atoms with Gasteiger partial charge in [-0.3, -0.25) is 14.8 Å². The summed E-state index contributed by atoms with van der Waals surface area (Å²) in [5.41, 5.74) is 5.83. The van der Waals surface area contributed by atoms with E-state index in [-0.39, 0.29) is 0 Å². The summed E-state index contributed by atoms with van der Waals surface area (Å²) in [5, 5.41) is 7.41. The summed E-state index contributed by atoms with van der Waals surface area (Å²) in [6.07, 6.45) is 2.85. The van der Waals surface area contributed by atoms with Crippen molar-refractivity contribution in [2.75, 3.05) is 26.2 Å². The first-order valence-electron chi connectivity index (χ1n) is 8.93. The highest BCUT2D eigenvalue weighted by molar-refractivity contribution is 5.69. The molecule has 0 saturated carbocycles. The molecule has 132 valence electrons. The number of nitrogens with zero attached hydrogens (tertiary/aromatic N) is 3. The largest absolute Gasteiger partial charge is 0.343 e. The van der Waals surface area contributed by atoms with E-state index < -0.39 is 0 Å². The molecule has 0 bridgehead atoms. The van der Waals surface area contributed by atoms with Gasteiger partial charge in [-0.25, -0.2) is 0 Å². The maximum atomic E-state index is 10.8. The Balaban J connectivity index is 1.49. The van der Waals surface area contributed by atoms with E-state index in [9.17, 15) is 4.79 Å². The molecule has 2 aromatic carbocycles. The van der Waals surface area contributed by atoms with Crippen LogP contribution in [-0.2, 0) is 11.3 Å². The molecule has 4 rings (SSSR count). The van der Waals surface area contributed by atoms with Crippen molar-refractivity contribution < 1.29 is 4.79 Å². The van der Waals surface area contributed by atoms with E-state index in [1.54, 1.807) is 0 Å². The lowest BCUT2D eigenvalue weighted by atomic mass is 10.0. The van der Waals surface area contributed by atoms with Gasteiger partial charge in [-0.15, -0.1) is 0 Å². The standard InChI is InChI=1S/C21H22N4O/c26-16-25-12-10-24(11-13-25)15-20-14-22-23-21(20)19-8-6-18(7-9-19)17-4-2-1-3-5-17/h1-9,14,16H,10-13,15H2,(H,22,23). The van der Waals surface area contributed by atoms with Crippen molar-refractivity contribution >= 4 is 6.41 Å². The Labute approximate surface area is 153 Å². The third kappa shape index (κ3) is 3.53. The predicted octanol–water partition coefficient (Wildman–Crippen LogP) is 3.02. The number of carbonyl (C=O) groups is 1. The van der Waals surface area contributed by atoms with E-state index in [1.807, 2.05) is 17.2 Å². The van der Waals surface area contributed by atoms with Gasteiger partial charge in [0.05, 0.1) is 11.9 Å². The molecule has 5 heteroatoms. The first-order chi connectivity index (χ1) is 12.8. The number of hydrogen-bond acceptors (Lipinski definition) is 3. The number of nitrogens with one attached hydrogen (secondary N) is 1. The summed E-state index contributed by atoms with van der Waals surface area (Å²) in [5.74, 6) is 0. The van der Waals surface area contributed by atoms with Crippen molar-refractivity contribution in [3.05, 3.63) is 66.4 Å². The Hall–Kier alpha value is -2.92. The van der Waals surface area contributed by atoms with Gasteiger partial charge in [-0.1, -0.05) is 54.6 Å². The van der Waals surface area contributed by atoms with E-state index in [0.29, 0.717) is 0 Å². The zero-order valence-corrected chi connectivity index (χ0v) is 14.6. The molecule has 1 aliphatic rings. The van der Waals surface area contributed by atoms with Crippen molar-refractivity contribution in [3.63, 3.8) is 0 Å². The smallest absolute Gasteiger partial charge is 0.209 e. The summed E-state index contributed by atoms with van der Waals surface area (Å²) in [6.45, 7) is 4.23. The summed E-state index contributed by atoms with van der Waals surface area (Å²) in [7, 11) is 0. The highest BCUT2D eigenvalue weighted by atomic mass is 16.1. The minimum Gasteiger partial charge on any atom is -0.343 e. The molecule has 2 heterocycles. The number of hydrogen-bond donors (Lipinski definition) is 1. The minimum absolute atomic E-state index is 0.794. The fourth-order valence-electron chi connectivity index (χ4n) is 3.41. The highest BCUT2D eigenvalue weighted by Crippen LogP contribution is 2.26. The third-order valence-corrected chi connectivity index (χ3v) is 4.95. The van der Waals surface area contributed by atoms with Gasteiger partial charge in [0.25, 0.3) is 0 Å². The molecular formula is C21H22N4O. The molecule has 0 aliphatic carbocycles. The van der Waals surface area contributed by atoms with Crippen LogP contribution in [0.3, 0.4) is 0 Å². The number of aromatic nitrogens is 2. The first-order valence-corrected chi connectivity index (χ1v) is 8.93. The van der Waals surface area contributed by atoms with Crippen LogP contribution in [-0.4, -0.2) is 52.6 Å². The van der Waals surface area contributed by atoms with Crippen LogP contribution in [0.5, 0.6) is 0 Å². The SMILES string of the molecule is O=CN1CCN(Cc2cn[nH]c2-c2ccc(-c3ccccc3)cc2)CC1. The highest BCUT2D eigenvalue weighted by Gasteiger charge is 2.18. The zero-order chi connectivity index (χ0) is 17.8. The van der Waals surface area contributed by atoms with Crippen LogP contribution in [0.25, 0.3) is 22.4 Å². The number of carbonyl (C=O) groups excluding carboxylic acids is 1. The molecule has 1 amide bonds. The van der Waals surface area contributed by atoms with Gasteiger partial charge in [-0.05, 0) is 16.7 Å². The normalized spacial score (nSPS) is 15.2. The van der Waals surface area contributed by atoms with E-state index >= 15 is 0 Å². The van der Waals surface area contributed by atoms with Crippen LogP contribution in [0.2, 0.25) is 0 Å². The lowest BCUT2D eigenvalue weighted by Gasteiger charge is -2.32. The number of H-pyrrole nitrogens is 1. The Morgan fingerprint density at radius 2 is 1.54 bits per heavy atom. The molecule has 1 saturated heterocycles. The average Bonchev–Trinajstić information content (AvgIpc) is 3.17. The molecular weight excluding hydrogens is 324 g/mol. The van der Waals surface area contributed by atoms with Gasteiger partial charge in [-0.2, -0.15) is 5.10 Å². The van der Waals surface area contributed by atoms with Crippen molar-refractivity contribution in [3.8, 4) is 22.4 Å². The van der Waals surface area contributed by atoms with Gasteiger partial charge in [0.1, 0.15) is 0 Å². The Kier molecular flexibility index (Phi) is 4.80. The van der Waals surface area contributed by atoms with Gasteiger partial charge in [0.2, 0.25) is 6.41 Å². The van der Waals surface area contributed by atoms with Crippen molar-refractivity contribution in [2.45, 2.75) is 6.54 Å². The van der Waals surface area contributed by atoms with E-state index in [4.69, 9.17) is 0 Å². The van der Waals surface area contributed by atoms with Crippen LogP contribution in [0.15, 0.2) is 60.8 Å². The summed E-state index contributed by atoms with van der Waals surface area (Å²) in [6, 6.07) is 19.0. The quantitative estimate of drug-likeness (QED) is 0.723. The van der Waals surface area contributed by atoms with Crippen molar-refractivity contribution in [2.24, 2.45) is 0 Å². The first kappa shape index (κ1) is 16.5. The maximum Gasteiger partial charge on any atom is 0.209 e. The molecule has 5 nitrogen and oxygen atoms in total. The maximum absolute atomic E-state index is 10.8. The molecule has 1 N–H and O–H groups in total. The molecule has 1 aromatic heterocycles. The van der Waals surface area contributed by atoms with Crippen molar-refractivity contribution in [1.29, 1.82) is 0 Å². The lowest BCUT2D eigenvalue weighted by molar-refractivity contribution is -0.119. The predicted molar refractivity (Wildman–Crippen MR) is 102 cm³/mol. The molecule has 0 atom stereocenters. The van der Waals surface area contributed by atoms with Crippen LogP contribution >= 0.6 is 0 Å². The molecule has 0 unspecified atom stereocenters. The average molecular weight is 346 g/mol. The van der Waals surface area contributed by atoms with Gasteiger partial charge < -0.3 is 4.90 Å². The fourth-order valence-corrected chi connectivity index (χ4v) is 3.41. The number of rotatable bonds is 5. The number of benzene rings is 2. The molecule has 1 aliphatic heterocycles. The summed E-state index contributed by atoms with van der Waals surface area (Å²) < 4.78 is 0. The van der Waals surface area contributed by atoms with E-state index in [0.717, 1.165) is 50.4 Å². The third-order valence-electron chi connectivity index (χ3n) is 4.95. The molecule has 1 fully saturated rings. The second-order valence-electron chi connectivity index (χ2n) is 6.63. The molecule has 26 heavy (non-hydrogen) atoms. The second kappa shape index (κ2) is 7.54. The number of amides is 1. The zero-order valence-electron chi connectivity index (χ0n) is 14.6.